The van der Waals surface area contributed by atoms with Gasteiger partial charge in [0.05, 0.1) is 18.6 Å². The number of methoxy groups -OCH3 is 1. The van der Waals surface area contributed by atoms with Crippen molar-refractivity contribution in [2.75, 3.05) is 13.7 Å². The minimum atomic E-state index is -1.27. The van der Waals surface area contributed by atoms with Crippen LogP contribution in [0.5, 0.6) is 0 Å². The Morgan fingerprint density at radius 2 is 2.05 bits per heavy atom. The summed E-state index contributed by atoms with van der Waals surface area (Å²) in [6.07, 6.45) is -4.31. The van der Waals surface area contributed by atoms with E-state index in [0.717, 1.165) is 0 Å². The van der Waals surface area contributed by atoms with Gasteiger partial charge in [-0.2, -0.15) is 0 Å². The van der Waals surface area contributed by atoms with Gasteiger partial charge in [-0.3, -0.25) is 0 Å². The van der Waals surface area contributed by atoms with Gasteiger partial charge in [0.25, 0.3) is 0 Å². The molecule has 1 unspecified atom stereocenters. The van der Waals surface area contributed by atoms with E-state index in [-0.39, 0.29) is 0 Å². The maximum atomic E-state index is 13.5. The maximum Gasteiger partial charge on any atom is 0.167 e. The zero-order valence-corrected chi connectivity index (χ0v) is 12.6. The third-order valence-corrected chi connectivity index (χ3v) is 3.95. The van der Waals surface area contributed by atoms with Gasteiger partial charge in [0.15, 0.2) is 6.29 Å². The molecule has 0 radical (unpaired) electrons. The zero-order valence-electron chi connectivity index (χ0n) is 12.6. The molecule has 1 fully saturated rings. The van der Waals surface area contributed by atoms with Crippen molar-refractivity contribution >= 4 is 5.57 Å². The highest BCUT2D eigenvalue weighted by atomic mass is 19.1. The smallest absolute Gasteiger partial charge is 0.167 e. The molecule has 6 heteroatoms. The average Bonchev–Trinajstić information content (AvgIpc) is 2.50. The summed E-state index contributed by atoms with van der Waals surface area (Å²) in [5, 5.41) is 29.7. The number of hydrogen-bond acceptors (Lipinski definition) is 5. The zero-order chi connectivity index (χ0) is 16.4. The normalized spacial score (nSPS) is 32.0. The summed E-state index contributed by atoms with van der Waals surface area (Å²) < 4.78 is 24.2. The van der Waals surface area contributed by atoms with Crippen LogP contribution in [0.15, 0.2) is 24.8 Å². The molecule has 0 amide bonds. The van der Waals surface area contributed by atoms with Gasteiger partial charge < -0.3 is 24.8 Å². The van der Waals surface area contributed by atoms with E-state index in [0.29, 0.717) is 16.7 Å². The molecule has 5 atom stereocenters. The third kappa shape index (κ3) is 3.06. The van der Waals surface area contributed by atoms with E-state index in [9.17, 15) is 19.7 Å². The lowest BCUT2D eigenvalue weighted by molar-refractivity contribution is -0.260. The molecule has 1 heterocycles. The van der Waals surface area contributed by atoms with E-state index in [4.69, 9.17) is 9.47 Å². The lowest BCUT2D eigenvalue weighted by Crippen LogP contribution is -2.55. The van der Waals surface area contributed by atoms with Crippen LogP contribution in [0.25, 0.3) is 5.57 Å². The molecule has 2 rings (SSSR count). The van der Waals surface area contributed by atoms with Crippen LogP contribution in [0.4, 0.5) is 4.39 Å². The molecule has 1 aliphatic rings. The van der Waals surface area contributed by atoms with Gasteiger partial charge in [-0.1, -0.05) is 18.2 Å². The van der Waals surface area contributed by atoms with Gasteiger partial charge in [-0.25, -0.2) is 4.39 Å². The number of aliphatic hydroxyl groups is 3. The molecular formula is C16H21FO5. The molecule has 5 nitrogen and oxygen atoms in total. The molecule has 122 valence electrons. The molecule has 3 N–H and O–H groups in total. The number of benzene rings is 1. The first-order valence-electron chi connectivity index (χ1n) is 7.01. The summed E-state index contributed by atoms with van der Waals surface area (Å²) in [6.45, 7) is 5.10. The second kappa shape index (κ2) is 6.85. The van der Waals surface area contributed by atoms with Gasteiger partial charge in [0.1, 0.15) is 18.0 Å². The van der Waals surface area contributed by atoms with Crippen LogP contribution in [0.1, 0.15) is 24.0 Å². The lowest BCUT2D eigenvalue weighted by atomic mass is 9.82. The number of ether oxygens (including phenoxy) is 2. The quantitative estimate of drug-likeness (QED) is 0.774. The number of rotatable bonds is 4. The number of halogens is 1. The van der Waals surface area contributed by atoms with Gasteiger partial charge in [0, 0.05) is 7.11 Å². The maximum absolute atomic E-state index is 13.5. The molecule has 0 bridgehead atoms. The SMILES string of the molecule is C=C(C)c1cc(F)ccc1[C@H]1C(OC)O[C@H](CO)[C@H](O)[C@@H]1O. The predicted molar refractivity (Wildman–Crippen MR) is 78.6 cm³/mol. The van der Waals surface area contributed by atoms with E-state index < -0.39 is 42.9 Å². The number of hydrogen-bond donors (Lipinski definition) is 3. The Morgan fingerprint density at radius 1 is 1.36 bits per heavy atom. The summed E-state index contributed by atoms with van der Waals surface area (Å²) in [6, 6.07) is 4.11. The van der Waals surface area contributed by atoms with Crippen LogP contribution < -0.4 is 0 Å². The second-order valence-corrected chi connectivity index (χ2v) is 5.48. The molecule has 1 aromatic rings. The first-order chi connectivity index (χ1) is 10.4. The molecule has 1 aromatic carbocycles. The largest absolute Gasteiger partial charge is 0.394 e. The summed E-state index contributed by atoms with van der Waals surface area (Å²) in [4.78, 5) is 0. The van der Waals surface area contributed by atoms with Crippen molar-refractivity contribution in [3.8, 4) is 0 Å². The molecular weight excluding hydrogens is 291 g/mol. The Bertz CT molecular complexity index is 545. The predicted octanol–water partition coefficient (Wildman–Crippen LogP) is 1.03. The van der Waals surface area contributed by atoms with Crippen molar-refractivity contribution in [2.45, 2.75) is 37.4 Å². The van der Waals surface area contributed by atoms with Gasteiger partial charge >= 0.3 is 0 Å². The van der Waals surface area contributed by atoms with Crippen LogP contribution in [0.2, 0.25) is 0 Å². The Morgan fingerprint density at radius 3 is 2.59 bits per heavy atom. The van der Waals surface area contributed by atoms with Crippen molar-refractivity contribution in [3.05, 3.63) is 41.7 Å². The molecule has 0 aliphatic carbocycles. The van der Waals surface area contributed by atoms with Crippen molar-refractivity contribution in [1.82, 2.24) is 0 Å². The Labute approximate surface area is 128 Å². The first kappa shape index (κ1) is 17.1. The standard InChI is InChI=1S/C16H21FO5/c1-8(2)11-6-9(17)4-5-10(11)13-15(20)14(19)12(7-18)22-16(13)21-3/h4-6,12-16,18-20H,1,7H2,2-3H3/t12-,13-,14+,15-,16?/m1/s1. The fraction of sp³-hybridized carbons (Fsp3) is 0.500. The monoisotopic (exact) mass is 312 g/mol. The lowest BCUT2D eigenvalue weighted by Gasteiger charge is -2.42. The highest BCUT2D eigenvalue weighted by molar-refractivity contribution is 5.65. The topological polar surface area (TPSA) is 79.2 Å². The van der Waals surface area contributed by atoms with E-state index in [1.54, 1.807) is 6.92 Å². The highest BCUT2D eigenvalue weighted by Crippen LogP contribution is 2.38. The van der Waals surface area contributed by atoms with E-state index >= 15 is 0 Å². The summed E-state index contributed by atoms with van der Waals surface area (Å²) in [7, 11) is 1.40. The summed E-state index contributed by atoms with van der Waals surface area (Å²) >= 11 is 0. The Kier molecular flexibility index (Phi) is 5.31. The van der Waals surface area contributed by atoms with Crippen molar-refractivity contribution in [2.24, 2.45) is 0 Å². The van der Waals surface area contributed by atoms with E-state index in [1.165, 1.54) is 25.3 Å². The van der Waals surface area contributed by atoms with Crippen LogP contribution in [0.3, 0.4) is 0 Å². The van der Waals surface area contributed by atoms with Crippen LogP contribution >= 0.6 is 0 Å². The van der Waals surface area contributed by atoms with Crippen LogP contribution in [-0.2, 0) is 9.47 Å². The fourth-order valence-corrected chi connectivity index (χ4v) is 2.80. The van der Waals surface area contributed by atoms with Gasteiger partial charge in [0.2, 0.25) is 0 Å². The molecule has 0 spiro atoms. The highest BCUT2D eigenvalue weighted by Gasteiger charge is 2.45. The van der Waals surface area contributed by atoms with Gasteiger partial charge in [-0.15, -0.1) is 0 Å². The van der Waals surface area contributed by atoms with Crippen LogP contribution in [-0.4, -0.2) is 53.6 Å². The van der Waals surface area contributed by atoms with Crippen molar-refractivity contribution < 1.29 is 29.2 Å². The van der Waals surface area contributed by atoms with Crippen LogP contribution in [0, 0.1) is 5.82 Å². The molecule has 0 aromatic heterocycles. The minimum Gasteiger partial charge on any atom is -0.394 e. The Hall–Kier alpha value is -1.31. The molecule has 1 saturated heterocycles. The van der Waals surface area contributed by atoms with Crippen molar-refractivity contribution in [3.63, 3.8) is 0 Å². The summed E-state index contributed by atoms with van der Waals surface area (Å²) in [5.41, 5.74) is 1.73. The molecule has 0 saturated carbocycles. The average molecular weight is 312 g/mol. The first-order valence-corrected chi connectivity index (χ1v) is 7.01. The molecule has 1 aliphatic heterocycles. The van der Waals surface area contributed by atoms with E-state index in [2.05, 4.69) is 6.58 Å². The third-order valence-electron chi connectivity index (χ3n) is 3.95. The number of allylic oxidation sites excluding steroid dienone is 1. The van der Waals surface area contributed by atoms with Gasteiger partial charge in [-0.05, 0) is 30.2 Å². The van der Waals surface area contributed by atoms with Crippen molar-refractivity contribution in [1.29, 1.82) is 0 Å². The molecule has 22 heavy (non-hydrogen) atoms. The second-order valence-electron chi connectivity index (χ2n) is 5.48. The minimum absolute atomic E-state index is 0.421. The Balaban J connectivity index is 2.47. The van der Waals surface area contributed by atoms with E-state index in [1.807, 2.05) is 0 Å². The summed E-state index contributed by atoms with van der Waals surface area (Å²) in [5.74, 6) is -1.15. The fourth-order valence-electron chi connectivity index (χ4n) is 2.80. The number of aliphatic hydroxyl groups excluding tert-OH is 3.